The Kier molecular flexibility index (Phi) is 11.7. The fourth-order valence-corrected chi connectivity index (χ4v) is 8.05. The number of carbonyl (C=O) groups excluding carboxylic acids is 1. The van der Waals surface area contributed by atoms with Crippen LogP contribution < -0.4 is 15.0 Å². The number of nitrogens with zero attached hydrogens (tertiary/aromatic N) is 5. The van der Waals surface area contributed by atoms with Crippen LogP contribution in [0.15, 0.2) is 53.0 Å². The molecule has 52 heavy (non-hydrogen) atoms. The molecule has 278 valence electrons. The zero-order chi connectivity index (χ0) is 38.1. The van der Waals surface area contributed by atoms with Crippen LogP contribution >= 0.6 is 0 Å². The van der Waals surface area contributed by atoms with E-state index in [1.54, 1.807) is 31.9 Å². The third kappa shape index (κ3) is 7.99. The first kappa shape index (κ1) is 38.8. The minimum absolute atomic E-state index is 0.00920. The van der Waals surface area contributed by atoms with E-state index in [2.05, 4.69) is 67.0 Å². The number of carbonyl (C=O) groups is 1. The van der Waals surface area contributed by atoms with Crippen LogP contribution in [-0.2, 0) is 31.4 Å². The summed E-state index contributed by atoms with van der Waals surface area (Å²) in [5.41, 5.74) is 8.49. The Balaban J connectivity index is 1.33. The van der Waals surface area contributed by atoms with Crippen molar-refractivity contribution in [2.45, 2.75) is 87.0 Å². The second-order valence-corrected chi connectivity index (χ2v) is 16.1. The molecule has 2 aliphatic rings. The second kappa shape index (κ2) is 15.7. The highest BCUT2D eigenvalue weighted by molar-refractivity contribution is 5.97. The van der Waals surface area contributed by atoms with Gasteiger partial charge >= 0.3 is 0 Å². The number of aryl methyl sites for hydroxylation is 1. The highest BCUT2D eigenvalue weighted by Gasteiger charge is 2.36. The molecule has 0 bridgehead atoms. The largest absolute Gasteiger partial charge is 0.496 e. The van der Waals surface area contributed by atoms with E-state index in [-0.39, 0.29) is 34.4 Å². The molecule has 1 unspecified atom stereocenters. The molecule has 2 atom stereocenters. The van der Waals surface area contributed by atoms with Crippen LogP contribution in [0.3, 0.4) is 0 Å². The minimum Gasteiger partial charge on any atom is -0.496 e. The van der Waals surface area contributed by atoms with Crippen molar-refractivity contribution in [3.63, 3.8) is 0 Å². The SMILES string of the molecule is COc1cc(-c2cn(C)c(=O)c(C)c2C)cc(OC)c1CN1CCN(Cc2cccc3c2CCN(C(=O)/C(C#N)=C/C(C)(C)C)C3C(C)C)[C@@H](C)C1. The molecular weight excluding hydrogens is 651 g/mol. The maximum atomic E-state index is 13.7. The number of aromatic nitrogens is 1. The Labute approximate surface area is 310 Å². The summed E-state index contributed by atoms with van der Waals surface area (Å²) in [5.74, 6) is 1.58. The number of fused-ring (bicyclic) bond motifs is 1. The Morgan fingerprint density at radius 2 is 1.71 bits per heavy atom. The molecule has 3 heterocycles. The maximum absolute atomic E-state index is 13.7. The molecule has 9 heteroatoms. The molecule has 1 aromatic heterocycles. The molecule has 0 saturated carbocycles. The first-order valence-corrected chi connectivity index (χ1v) is 18.5. The standard InChI is InChI=1S/C43H57N5O4/c1-27(2)40-35-14-12-13-31(34(35)15-16-48(40)42(50)33(22-44)21-43(6,7)8)24-47-18-17-46(23-28(47)3)26-37-38(51-10)19-32(20-39(37)52-11)36-25-45(9)41(49)30(5)29(36)4/h12-14,19-21,25,27-28,40H,15-18,23-24,26H2,1-11H3/b33-21+/t28-,40?/m0/s1. The number of rotatable bonds is 9. The van der Waals surface area contributed by atoms with Crippen molar-refractivity contribution in [2.75, 3.05) is 40.4 Å². The fourth-order valence-electron chi connectivity index (χ4n) is 8.05. The predicted molar refractivity (Wildman–Crippen MR) is 207 cm³/mol. The molecule has 1 amide bonds. The maximum Gasteiger partial charge on any atom is 0.264 e. The molecule has 0 N–H and O–H groups in total. The van der Waals surface area contributed by atoms with Gasteiger partial charge in [0.25, 0.3) is 11.5 Å². The number of nitriles is 1. The summed E-state index contributed by atoms with van der Waals surface area (Å²) in [6.07, 6.45) is 4.47. The van der Waals surface area contributed by atoms with Crippen LogP contribution in [0, 0.1) is 36.5 Å². The number of allylic oxidation sites excluding steroid dienone is 1. The van der Waals surface area contributed by atoms with E-state index in [0.717, 1.165) is 71.9 Å². The predicted octanol–water partition coefficient (Wildman–Crippen LogP) is 6.97. The van der Waals surface area contributed by atoms with Crippen molar-refractivity contribution in [1.82, 2.24) is 19.3 Å². The van der Waals surface area contributed by atoms with Gasteiger partial charge in [-0.15, -0.1) is 0 Å². The molecule has 5 rings (SSSR count). The van der Waals surface area contributed by atoms with Gasteiger partial charge in [0.15, 0.2) is 0 Å². The zero-order valence-electron chi connectivity index (χ0n) is 33.1. The van der Waals surface area contributed by atoms with Crippen molar-refractivity contribution in [2.24, 2.45) is 18.4 Å². The van der Waals surface area contributed by atoms with Gasteiger partial charge in [0, 0.05) is 69.7 Å². The number of methoxy groups -OCH3 is 2. The van der Waals surface area contributed by atoms with E-state index in [9.17, 15) is 14.9 Å². The number of hydrogen-bond donors (Lipinski definition) is 0. The van der Waals surface area contributed by atoms with Gasteiger partial charge in [-0.2, -0.15) is 5.26 Å². The zero-order valence-corrected chi connectivity index (χ0v) is 33.1. The average Bonchev–Trinajstić information content (AvgIpc) is 3.11. The second-order valence-electron chi connectivity index (χ2n) is 16.1. The van der Waals surface area contributed by atoms with Gasteiger partial charge in [-0.25, -0.2) is 0 Å². The van der Waals surface area contributed by atoms with Crippen molar-refractivity contribution >= 4 is 5.91 Å². The van der Waals surface area contributed by atoms with Crippen LogP contribution in [-0.4, -0.2) is 71.6 Å². The van der Waals surface area contributed by atoms with Crippen LogP contribution in [0.2, 0.25) is 0 Å². The summed E-state index contributed by atoms with van der Waals surface area (Å²) in [6.45, 7) is 21.4. The molecule has 1 fully saturated rings. The van der Waals surface area contributed by atoms with Crippen molar-refractivity contribution in [3.05, 3.63) is 91.9 Å². The summed E-state index contributed by atoms with van der Waals surface area (Å²) in [6, 6.07) is 13.1. The Morgan fingerprint density at radius 1 is 1.04 bits per heavy atom. The van der Waals surface area contributed by atoms with E-state index in [1.165, 1.54) is 16.7 Å². The van der Waals surface area contributed by atoms with Crippen LogP contribution in [0.1, 0.15) is 81.0 Å². The monoisotopic (exact) mass is 707 g/mol. The summed E-state index contributed by atoms with van der Waals surface area (Å²) in [7, 11) is 5.18. The summed E-state index contributed by atoms with van der Waals surface area (Å²) < 4.78 is 13.5. The Hall–Kier alpha value is -4.39. The van der Waals surface area contributed by atoms with Crippen molar-refractivity contribution in [1.29, 1.82) is 5.26 Å². The number of hydrogen-bond acceptors (Lipinski definition) is 7. The minimum atomic E-state index is -0.262. The van der Waals surface area contributed by atoms with Gasteiger partial charge in [0.2, 0.25) is 0 Å². The lowest BCUT2D eigenvalue weighted by Gasteiger charge is -2.42. The van der Waals surface area contributed by atoms with E-state index in [1.807, 2.05) is 45.7 Å². The smallest absolute Gasteiger partial charge is 0.264 e. The lowest BCUT2D eigenvalue weighted by atomic mass is 9.83. The fraction of sp³-hybridized carbons (Fsp3) is 0.512. The molecule has 2 aromatic carbocycles. The highest BCUT2D eigenvalue weighted by atomic mass is 16.5. The van der Waals surface area contributed by atoms with Crippen molar-refractivity contribution in [3.8, 4) is 28.7 Å². The number of amides is 1. The van der Waals surface area contributed by atoms with Gasteiger partial charge in [-0.3, -0.25) is 19.4 Å². The molecule has 0 aliphatic carbocycles. The molecule has 1 saturated heterocycles. The summed E-state index contributed by atoms with van der Waals surface area (Å²) in [4.78, 5) is 33.2. The van der Waals surface area contributed by atoms with Crippen LogP contribution in [0.25, 0.3) is 11.1 Å². The van der Waals surface area contributed by atoms with Gasteiger partial charge in [0.05, 0.1) is 25.8 Å². The Bertz CT molecular complexity index is 1920. The van der Waals surface area contributed by atoms with Gasteiger partial charge < -0.3 is 18.9 Å². The third-order valence-electron chi connectivity index (χ3n) is 10.8. The first-order valence-electron chi connectivity index (χ1n) is 18.5. The summed E-state index contributed by atoms with van der Waals surface area (Å²) >= 11 is 0. The molecule has 3 aromatic rings. The molecule has 2 aliphatic heterocycles. The lowest BCUT2D eigenvalue weighted by molar-refractivity contribution is -0.130. The lowest BCUT2D eigenvalue weighted by Crippen LogP contribution is -2.51. The first-order chi connectivity index (χ1) is 24.6. The molecular formula is C43H57N5O4. The number of pyridine rings is 1. The number of piperazine rings is 1. The summed E-state index contributed by atoms with van der Waals surface area (Å²) in [5, 5.41) is 9.91. The van der Waals surface area contributed by atoms with Crippen LogP contribution in [0.5, 0.6) is 11.5 Å². The van der Waals surface area contributed by atoms with E-state index < -0.39 is 0 Å². The van der Waals surface area contributed by atoms with Crippen molar-refractivity contribution < 1.29 is 14.3 Å². The normalized spacial score (nSPS) is 18.7. The average molecular weight is 708 g/mol. The van der Waals surface area contributed by atoms with E-state index in [0.29, 0.717) is 19.1 Å². The third-order valence-corrected chi connectivity index (χ3v) is 10.8. The quantitative estimate of drug-likeness (QED) is 0.175. The highest BCUT2D eigenvalue weighted by Crippen LogP contribution is 2.40. The number of benzene rings is 2. The Morgan fingerprint density at radius 3 is 2.29 bits per heavy atom. The van der Waals surface area contributed by atoms with Gasteiger partial charge in [-0.1, -0.05) is 58.9 Å². The van der Waals surface area contributed by atoms with E-state index >= 15 is 0 Å². The molecule has 0 spiro atoms. The van der Waals surface area contributed by atoms with E-state index in [4.69, 9.17) is 9.47 Å². The van der Waals surface area contributed by atoms with Gasteiger partial charge in [0.1, 0.15) is 23.1 Å². The molecule has 9 nitrogen and oxygen atoms in total. The number of ether oxygens (including phenoxy) is 2. The van der Waals surface area contributed by atoms with Gasteiger partial charge in [-0.05, 0) is 78.5 Å². The topological polar surface area (TPSA) is 91.0 Å². The van der Waals surface area contributed by atoms with Crippen LogP contribution in [0.4, 0.5) is 0 Å². The molecule has 0 radical (unpaired) electrons.